The third-order valence-corrected chi connectivity index (χ3v) is 3.69. The van der Waals surface area contributed by atoms with Crippen molar-refractivity contribution in [3.63, 3.8) is 0 Å². The van der Waals surface area contributed by atoms with Crippen LogP contribution in [0.15, 0.2) is 17.5 Å². The number of thiophene rings is 1. The summed E-state index contributed by atoms with van der Waals surface area (Å²) in [5.41, 5.74) is 0. The van der Waals surface area contributed by atoms with Gasteiger partial charge in [0.2, 0.25) is 0 Å². The maximum absolute atomic E-state index is 3.46. The Kier molecular flexibility index (Phi) is 7.09. The van der Waals surface area contributed by atoms with E-state index < -0.39 is 0 Å². The fourth-order valence-electron chi connectivity index (χ4n) is 1.25. The highest BCUT2D eigenvalue weighted by Gasteiger charge is 1.97. The van der Waals surface area contributed by atoms with Gasteiger partial charge >= 0.3 is 0 Å². The van der Waals surface area contributed by atoms with Gasteiger partial charge in [0.05, 0.1) is 0 Å². The fraction of sp³-hybridized carbons (Fsp3) is 0.636. The molecule has 0 atom stereocenters. The van der Waals surface area contributed by atoms with E-state index in [1.54, 1.807) is 0 Å². The minimum atomic E-state index is 1.01. The normalized spacial score (nSPS) is 11.1. The highest BCUT2D eigenvalue weighted by molar-refractivity contribution is 7.98. The van der Waals surface area contributed by atoms with Crippen LogP contribution in [0.25, 0.3) is 0 Å². The van der Waals surface area contributed by atoms with Crippen molar-refractivity contribution in [3.8, 4) is 0 Å². The Hall–Kier alpha value is -0.0300. The molecule has 0 fully saturated rings. The first-order chi connectivity index (χ1) is 7.33. The molecule has 0 unspecified atom stereocenters. The standard InChI is InChI=1S/C11H20N2S2/c1-13(7-9-14-2)6-5-12-10-11-4-3-8-15-11/h3-4,8,12H,5-7,9-10H2,1-2H3. The van der Waals surface area contributed by atoms with Crippen LogP contribution in [0.3, 0.4) is 0 Å². The Bertz CT molecular complexity index is 237. The second kappa shape index (κ2) is 8.16. The SMILES string of the molecule is CSCCN(C)CCNCc1cccs1. The van der Waals surface area contributed by atoms with E-state index in [0.717, 1.165) is 19.6 Å². The average molecular weight is 244 g/mol. The van der Waals surface area contributed by atoms with Gasteiger partial charge in [0, 0.05) is 36.8 Å². The first-order valence-corrected chi connectivity index (χ1v) is 7.51. The van der Waals surface area contributed by atoms with Crippen LogP contribution in [0.4, 0.5) is 0 Å². The van der Waals surface area contributed by atoms with Crippen molar-refractivity contribution in [2.24, 2.45) is 0 Å². The predicted molar refractivity (Wildman–Crippen MR) is 71.9 cm³/mol. The molecule has 0 aliphatic heterocycles. The Labute approximate surface area is 101 Å². The Morgan fingerprint density at radius 2 is 2.33 bits per heavy atom. The lowest BCUT2D eigenvalue weighted by Crippen LogP contribution is -2.30. The van der Waals surface area contributed by atoms with Gasteiger partial charge in [-0.05, 0) is 24.7 Å². The quantitative estimate of drug-likeness (QED) is 0.705. The number of hydrogen-bond acceptors (Lipinski definition) is 4. The van der Waals surface area contributed by atoms with Gasteiger partial charge < -0.3 is 10.2 Å². The van der Waals surface area contributed by atoms with E-state index in [9.17, 15) is 0 Å². The van der Waals surface area contributed by atoms with Crippen molar-refractivity contribution in [2.75, 3.05) is 38.7 Å². The fourth-order valence-corrected chi connectivity index (χ4v) is 2.42. The number of hydrogen-bond donors (Lipinski definition) is 1. The van der Waals surface area contributed by atoms with Crippen molar-refractivity contribution in [1.82, 2.24) is 10.2 Å². The summed E-state index contributed by atoms with van der Waals surface area (Å²) in [6, 6.07) is 4.28. The van der Waals surface area contributed by atoms with Crippen LogP contribution >= 0.6 is 23.1 Å². The van der Waals surface area contributed by atoms with Gasteiger partial charge in [-0.15, -0.1) is 11.3 Å². The van der Waals surface area contributed by atoms with Crippen LogP contribution in [0.2, 0.25) is 0 Å². The van der Waals surface area contributed by atoms with Crippen LogP contribution in [0.1, 0.15) is 4.88 Å². The van der Waals surface area contributed by atoms with Crippen LogP contribution in [0, 0.1) is 0 Å². The van der Waals surface area contributed by atoms with Gasteiger partial charge in [-0.25, -0.2) is 0 Å². The molecular formula is C11H20N2S2. The summed E-state index contributed by atoms with van der Waals surface area (Å²) in [4.78, 5) is 3.79. The molecule has 2 nitrogen and oxygen atoms in total. The van der Waals surface area contributed by atoms with Crippen LogP contribution in [-0.2, 0) is 6.54 Å². The molecule has 1 N–H and O–H groups in total. The molecule has 0 radical (unpaired) electrons. The highest BCUT2D eigenvalue weighted by Crippen LogP contribution is 2.06. The molecule has 0 bridgehead atoms. The van der Waals surface area contributed by atoms with Gasteiger partial charge in [-0.3, -0.25) is 0 Å². The number of nitrogens with zero attached hydrogens (tertiary/aromatic N) is 1. The molecule has 1 aromatic heterocycles. The molecule has 86 valence electrons. The summed E-state index contributed by atoms with van der Waals surface area (Å²) < 4.78 is 0. The molecule has 0 aliphatic carbocycles. The molecule has 1 rings (SSSR count). The van der Waals surface area contributed by atoms with E-state index in [-0.39, 0.29) is 0 Å². The lowest BCUT2D eigenvalue weighted by molar-refractivity contribution is 0.352. The molecule has 0 spiro atoms. The van der Waals surface area contributed by atoms with Crippen molar-refractivity contribution in [3.05, 3.63) is 22.4 Å². The second-order valence-electron chi connectivity index (χ2n) is 3.55. The van der Waals surface area contributed by atoms with E-state index in [4.69, 9.17) is 0 Å². The monoisotopic (exact) mass is 244 g/mol. The summed E-state index contributed by atoms with van der Waals surface area (Å²) in [6.45, 7) is 4.39. The smallest absolute Gasteiger partial charge is 0.0300 e. The molecule has 0 saturated carbocycles. The molecule has 1 aromatic rings. The first kappa shape index (κ1) is 13.0. The van der Waals surface area contributed by atoms with Gasteiger partial charge in [0.1, 0.15) is 0 Å². The minimum absolute atomic E-state index is 1.01. The van der Waals surface area contributed by atoms with Gasteiger partial charge in [-0.1, -0.05) is 6.07 Å². The molecular weight excluding hydrogens is 224 g/mol. The average Bonchev–Trinajstić information content (AvgIpc) is 2.74. The summed E-state index contributed by atoms with van der Waals surface area (Å²) in [5.74, 6) is 1.22. The van der Waals surface area contributed by atoms with Gasteiger partial charge in [0.25, 0.3) is 0 Å². The zero-order valence-corrected chi connectivity index (χ0v) is 11.2. The summed E-state index contributed by atoms with van der Waals surface area (Å²) in [6.07, 6.45) is 2.16. The Balaban J connectivity index is 1.97. The molecule has 0 aliphatic rings. The maximum Gasteiger partial charge on any atom is 0.0300 e. The number of rotatable bonds is 8. The third-order valence-electron chi connectivity index (χ3n) is 2.23. The summed E-state index contributed by atoms with van der Waals surface area (Å²) >= 11 is 3.72. The molecule has 0 saturated heterocycles. The van der Waals surface area contributed by atoms with Crippen LogP contribution < -0.4 is 5.32 Å². The lowest BCUT2D eigenvalue weighted by Gasteiger charge is -2.15. The van der Waals surface area contributed by atoms with E-state index in [1.807, 2.05) is 23.1 Å². The predicted octanol–water partition coefficient (Wildman–Crippen LogP) is 2.13. The maximum atomic E-state index is 3.46. The van der Waals surface area contributed by atoms with Crippen LogP contribution in [0.5, 0.6) is 0 Å². The largest absolute Gasteiger partial charge is 0.311 e. The zero-order chi connectivity index (χ0) is 10.9. The van der Waals surface area contributed by atoms with E-state index in [2.05, 4.69) is 41.0 Å². The topological polar surface area (TPSA) is 15.3 Å². The highest BCUT2D eigenvalue weighted by atomic mass is 32.2. The van der Waals surface area contributed by atoms with Crippen molar-refractivity contribution >= 4 is 23.1 Å². The Morgan fingerprint density at radius 3 is 3.00 bits per heavy atom. The third kappa shape index (κ3) is 6.20. The van der Waals surface area contributed by atoms with Crippen molar-refractivity contribution in [2.45, 2.75) is 6.54 Å². The Morgan fingerprint density at radius 1 is 1.47 bits per heavy atom. The van der Waals surface area contributed by atoms with Crippen molar-refractivity contribution in [1.29, 1.82) is 0 Å². The van der Waals surface area contributed by atoms with E-state index in [0.29, 0.717) is 0 Å². The molecule has 0 aromatic carbocycles. The molecule has 4 heteroatoms. The number of nitrogens with one attached hydrogen (secondary N) is 1. The summed E-state index contributed by atoms with van der Waals surface area (Å²) in [7, 11) is 2.18. The van der Waals surface area contributed by atoms with Crippen molar-refractivity contribution < 1.29 is 0 Å². The van der Waals surface area contributed by atoms with E-state index >= 15 is 0 Å². The summed E-state index contributed by atoms with van der Waals surface area (Å²) in [5, 5.41) is 5.58. The molecule has 0 amide bonds. The van der Waals surface area contributed by atoms with Gasteiger partial charge in [0.15, 0.2) is 0 Å². The molecule has 1 heterocycles. The minimum Gasteiger partial charge on any atom is -0.311 e. The van der Waals surface area contributed by atoms with Crippen LogP contribution in [-0.4, -0.2) is 43.6 Å². The van der Waals surface area contributed by atoms with E-state index in [1.165, 1.54) is 17.2 Å². The molecule has 15 heavy (non-hydrogen) atoms. The number of thioether (sulfide) groups is 1. The number of likely N-dealkylation sites (N-methyl/N-ethyl adjacent to an activating group) is 1. The zero-order valence-electron chi connectivity index (χ0n) is 9.53. The first-order valence-electron chi connectivity index (χ1n) is 5.23. The van der Waals surface area contributed by atoms with Gasteiger partial charge in [-0.2, -0.15) is 11.8 Å². The second-order valence-corrected chi connectivity index (χ2v) is 5.57. The lowest BCUT2D eigenvalue weighted by atomic mass is 10.4.